The quantitative estimate of drug-likeness (QED) is 0.815. The minimum atomic E-state index is 0.00945. The Morgan fingerprint density at radius 3 is 2.76 bits per heavy atom. The third kappa shape index (κ3) is 3.10. The van der Waals surface area contributed by atoms with E-state index < -0.39 is 0 Å². The van der Waals surface area contributed by atoms with E-state index in [4.69, 9.17) is 11.6 Å². The van der Waals surface area contributed by atoms with Gasteiger partial charge in [0.1, 0.15) is 0 Å². The van der Waals surface area contributed by atoms with E-state index in [-0.39, 0.29) is 5.91 Å². The third-order valence-corrected chi connectivity index (χ3v) is 4.26. The highest BCUT2D eigenvalue weighted by atomic mass is 35.5. The van der Waals surface area contributed by atoms with Crippen molar-refractivity contribution in [3.8, 4) is 5.69 Å². The van der Waals surface area contributed by atoms with E-state index in [1.807, 2.05) is 37.4 Å². The van der Waals surface area contributed by atoms with Crippen LogP contribution in [0.3, 0.4) is 0 Å². The van der Waals surface area contributed by atoms with Crippen LogP contribution in [0.15, 0.2) is 42.7 Å². The zero-order chi connectivity index (χ0) is 14.8. The second kappa shape index (κ2) is 5.90. The summed E-state index contributed by atoms with van der Waals surface area (Å²) in [6, 6.07) is 9.77. The Bertz CT molecular complexity index is 619. The zero-order valence-electron chi connectivity index (χ0n) is 11.9. The first-order chi connectivity index (χ1) is 10.1. The molecule has 1 aliphatic rings. The first-order valence-corrected chi connectivity index (χ1v) is 7.57. The molecule has 1 fully saturated rings. The van der Waals surface area contributed by atoms with Gasteiger partial charge < -0.3 is 4.90 Å². The van der Waals surface area contributed by atoms with Crippen molar-refractivity contribution in [1.82, 2.24) is 14.7 Å². The van der Waals surface area contributed by atoms with Crippen LogP contribution < -0.4 is 0 Å². The lowest BCUT2D eigenvalue weighted by atomic mass is 9.84. The summed E-state index contributed by atoms with van der Waals surface area (Å²) in [5.74, 6) is 0.542. The van der Waals surface area contributed by atoms with Crippen molar-refractivity contribution in [1.29, 1.82) is 0 Å². The van der Waals surface area contributed by atoms with Crippen molar-refractivity contribution in [2.24, 2.45) is 5.92 Å². The lowest BCUT2D eigenvalue weighted by molar-refractivity contribution is 0.0747. The molecule has 1 amide bonds. The number of para-hydroxylation sites is 1. The van der Waals surface area contributed by atoms with Crippen molar-refractivity contribution >= 4 is 17.5 Å². The van der Waals surface area contributed by atoms with Crippen LogP contribution >= 0.6 is 11.6 Å². The van der Waals surface area contributed by atoms with E-state index in [0.29, 0.717) is 16.9 Å². The molecule has 0 bridgehead atoms. The van der Waals surface area contributed by atoms with E-state index in [1.54, 1.807) is 22.0 Å². The Morgan fingerprint density at radius 1 is 1.38 bits per heavy atom. The van der Waals surface area contributed by atoms with Crippen LogP contribution in [0.2, 0.25) is 0 Å². The normalized spacial score (nSPS) is 20.9. The number of hydrogen-bond acceptors (Lipinski definition) is 2. The number of alkyl halides is 1. The molecule has 0 aliphatic heterocycles. The smallest absolute Gasteiger partial charge is 0.256 e. The molecule has 4 nitrogen and oxygen atoms in total. The highest BCUT2D eigenvalue weighted by Crippen LogP contribution is 2.32. The maximum absolute atomic E-state index is 12.4. The molecule has 1 saturated carbocycles. The van der Waals surface area contributed by atoms with Gasteiger partial charge in [0.05, 0.1) is 17.4 Å². The molecular weight excluding hydrogens is 286 g/mol. The number of carbonyl (C=O) groups is 1. The van der Waals surface area contributed by atoms with Gasteiger partial charge in [-0.25, -0.2) is 4.68 Å². The summed E-state index contributed by atoms with van der Waals surface area (Å²) in [6.07, 6.45) is 5.40. The number of benzene rings is 1. The molecule has 1 aliphatic carbocycles. The second-order valence-electron chi connectivity index (χ2n) is 5.63. The Kier molecular flexibility index (Phi) is 3.97. The van der Waals surface area contributed by atoms with E-state index in [1.165, 1.54) is 0 Å². The van der Waals surface area contributed by atoms with E-state index in [0.717, 1.165) is 25.1 Å². The van der Waals surface area contributed by atoms with Gasteiger partial charge in [0.2, 0.25) is 0 Å². The van der Waals surface area contributed by atoms with Crippen LogP contribution in [0.1, 0.15) is 23.2 Å². The monoisotopic (exact) mass is 303 g/mol. The summed E-state index contributed by atoms with van der Waals surface area (Å²) in [5.41, 5.74) is 1.56. The topological polar surface area (TPSA) is 38.1 Å². The first kappa shape index (κ1) is 14.1. The molecule has 0 radical (unpaired) electrons. The molecule has 2 aromatic rings. The predicted octanol–water partition coefficient (Wildman–Crippen LogP) is 2.96. The molecule has 0 spiro atoms. The fourth-order valence-electron chi connectivity index (χ4n) is 2.65. The molecule has 21 heavy (non-hydrogen) atoms. The van der Waals surface area contributed by atoms with Gasteiger partial charge in [0.25, 0.3) is 5.91 Å². The van der Waals surface area contributed by atoms with Gasteiger partial charge >= 0.3 is 0 Å². The maximum atomic E-state index is 12.4. The van der Waals surface area contributed by atoms with Crippen molar-refractivity contribution in [2.45, 2.75) is 18.2 Å². The minimum absolute atomic E-state index is 0.00945. The number of aromatic nitrogens is 2. The fourth-order valence-corrected chi connectivity index (χ4v) is 3.15. The van der Waals surface area contributed by atoms with Crippen molar-refractivity contribution in [3.63, 3.8) is 0 Å². The van der Waals surface area contributed by atoms with E-state index in [9.17, 15) is 4.79 Å². The molecule has 1 heterocycles. The largest absolute Gasteiger partial charge is 0.341 e. The summed E-state index contributed by atoms with van der Waals surface area (Å²) in [5, 5.41) is 4.55. The number of halogens is 1. The standard InChI is InChI=1S/C16H18ClN3O/c1-19(10-12-7-14(17)8-12)16(21)13-9-18-20(11-13)15-5-3-2-4-6-15/h2-6,9,11-12,14H,7-8,10H2,1H3. The molecule has 110 valence electrons. The third-order valence-electron chi connectivity index (χ3n) is 3.91. The number of nitrogens with zero attached hydrogens (tertiary/aromatic N) is 3. The van der Waals surface area contributed by atoms with Gasteiger partial charge in [-0.05, 0) is 30.9 Å². The summed E-state index contributed by atoms with van der Waals surface area (Å²) in [7, 11) is 1.84. The summed E-state index contributed by atoms with van der Waals surface area (Å²) in [6.45, 7) is 0.762. The van der Waals surface area contributed by atoms with E-state index >= 15 is 0 Å². The Labute approximate surface area is 129 Å². The molecule has 0 N–H and O–H groups in total. The number of amides is 1. The first-order valence-electron chi connectivity index (χ1n) is 7.13. The lowest BCUT2D eigenvalue weighted by Gasteiger charge is -2.33. The summed E-state index contributed by atoms with van der Waals surface area (Å²) >= 11 is 5.98. The van der Waals surface area contributed by atoms with Crippen molar-refractivity contribution in [3.05, 3.63) is 48.3 Å². The van der Waals surface area contributed by atoms with Crippen LogP contribution in [0.4, 0.5) is 0 Å². The average molecular weight is 304 g/mol. The van der Waals surface area contributed by atoms with Gasteiger partial charge in [0, 0.05) is 25.2 Å². The van der Waals surface area contributed by atoms with Crippen LogP contribution in [0.5, 0.6) is 0 Å². The Balaban J connectivity index is 1.66. The van der Waals surface area contributed by atoms with Crippen molar-refractivity contribution < 1.29 is 4.79 Å². The van der Waals surface area contributed by atoms with Gasteiger partial charge in [0.15, 0.2) is 0 Å². The number of carbonyl (C=O) groups excluding carboxylic acids is 1. The number of rotatable bonds is 4. The molecule has 0 saturated heterocycles. The van der Waals surface area contributed by atoms with Crippen LogP contribution in [-0.4, -0.2) is 39.6 Å². The summed E-state index contributed by atoms with van der Waals surface area (Å²) in [4.78, 5) is 14.1. The molecule has 0 unspecified atom stereocenters. The van der Waals surface area contributed by atoms with Gasteiger partial charge in [-0.3, -0.25) is 4.79 Å². The predicted molar refractivity (Wildman–Crippen MR) is 82.9 cm³/mol. The molecule has 0 atom stereocenters. The van der Waals surface area contributed by atoms with E-state index in [2.05, 4.69) is 5.10 Å². The SMILES string of the molecule is CN(CC1CC(Cl)C1)C(=O)c1cnn(-c2ccccc2)c1. The molecular formula is C16H18ClN3O. The fraction of sp³-hybridized carbons (Fsp3) is 0.375. The van der Waals surface area contributed by atoms with Gasteiger partial charge in [-0.2, -0.15) is 5.10 Å². The highest BCUT2D eigenvalue weighted by molar-refractivity contribution is 6.21. The Hall–Kier alpha value is -1.81. The molecule has 3 rings (SSSR count). The zero-order valence-corrected chi connectivity index (χ0v) is 12.7. The highest BCUT2D eigenvalue weighted by Gasteiger charge is 2.29. The molecule has 1 aromatic heterocycles. The molecule has 1 aromatic carbocycles. The lowest BCUT2D eigenvalue weighted by Crippen LogP contribution is -2.37. The molecule has 5 heteroatoms. The van der Waals surface area contributed by atoms with Crippen molar-refractivity contribution in [2.75, 3.05) is 13.6 Å². The van der Waals surface area contributed by atoms with Crippen LogP contribution in [0, 0.1) is 5.92 Å². The van der Waals surface area contributed by atoms with Gasteiger partial charge in [-0.15, -0.1) is 11.6 Å². The van der Waals surface area contributed by atoms with Crippen LogP contribution in [0.25, 0.3) is 5.69 Å². The maximum Gasteiger partial charge on any atom is 0.256 e. The number of hydrogen-bond donors (Lipinski definition) is 0. The summed E-state index contributed by atoms with van der Waals surface area (Å²) < 4.78 is 1.72. The minimum Gasteiger partial charge on any atom is -0.341 e. The second-order valence-corrected chi connectivity index (χ2v) is 6.25. The Morgan fingerprint density at radius 2 is 2.10 bits per heavy atom. The van der Waals surface area contributed by atoms with Gasteiger partial charge in [-0.1, -0.05) is 18.2 Å². The average Bonchev–Trinajstić information content (AvgIpc) is 2.95. The van der Waals surface area contributed by atoms with Crippen LogP contribution in [-0.2, 0) is 0 Å².